The summed E-state index contributed by atoms with van der Waals surface area (Å²) in [6, 6.07) is 0. The minimum absolute atomic E-state index is 0.696. The molecule has 3 heteroatoms. The summed E-state index contributed by atoms with van der Waals surface area (Å²) in [5.41, 5.74) is 0. The molecule has 2 atom stereocenters. The first-order chi connectivity index (χ1) is 7.67. The average molecular weight is 223 g/mol. The first-order valence-electron chi connectivity index (χ1n) is 6.31. The molecule has 0 spiro atoms. The molecule has 0 amide bonds. The summed E-state index contributed by atoms with van der Waals surface area (Å²) in [5.74, 6) is 2.56. The second kappa shape index (κ2) is 6.56. The summed E-state index contributed by atoms with van der Waals surface area (Å²) in [6.07, 6.45) is 3.17. The van der Waals surface area contributed by atoms with Gasteiger partial charge in [-0.05, 0) is 25.2 Å². The Labute approximate surface area is 99.6 Å². The van der Waals surface area contributed by atoms with Crippen LogP contribution in [-0.2, 0) is 0 Å². The number of nitrogens with zero attached hydrogens (tertiary/aromatic N) is 2. The molecule has 1 heterocycles. The maximum atomic E-state index is 4.54. The normalized spacial score (nSPS) is 26.7. The van der Waals surface area contributed by atoms with Crippen LogP contribution in [0.5, 0.6) is 0 Å². The summed E-state index contributed by atoms with van der Waals surface area (Å²) in [6.45, 7) is 14.3. The van der Waals surface area contributed by atoms with Crippen molar-refractivity contribution in [3.8, 4) is 0 Å². The van der Waals surface area contributed by atoms with Crippen LogP contribution in [0, 0.1) is 11.8 Å². The fraction of sp³-hybridized carbons (Fsp3) is 0.769. The molecular formula is C13H25N3. The highest BCUT2D eigenvalue weighted by molar-refractivity contribution is 5.80. The maximum Gasteiger partial charge on any atom is 0.194 e. The molecule has 0 saturated carbocycles. The smallest absolute Gasteiger partial charge is 0.194 e. The topological polar surface area (TPSA) is 27.6 Å². The van der Waals surface area contributed by atoms with Crippen LogP contribution >= 0.6 is 0 Å². The molecule has 0 aromatic carbocycles. The number of nitrogens with one attached hydrogen (secondary N) is 1. The Hall–Kier alpha value is -0.990. The number of hydrogen-bond acceptors (Lipinski definition) is 1. The molecule has 0 aromatic heterocycles. The van der Waals surface area contributed by atoms with Crippen LogP contribution in [0.25, 0.3) is 0 Å². The van der Waals surface area contributed by atoms with Crippen molar-refractivity contribution in [3.63, 3.8) is 0 Å². The lowest BCUT2D eigenvalue weighted by Gasteiger charge is -2.37. The molecule has 0 bridgehead atoms. The van der Waals surface area contributed by atoms with Crippen molar-refractivity contribution in [2.75, 3.05) is 26.2 Å². The largest absolute Gasteiger partial charge is 0.357 e. The number of likely N-dealkylation sites (tertiary alicyclic amines) is 1. The zero-order valence-corrected chi connectivity index (χ0v) is 10.9. The lowest BCUT2D eigenvalue weighted by molar-refractivity contribution is 0.208. The van der Waals surface area contributed by atoms with Gasteiger partial charge in [0, 0.05) is 19.6 Å². The molecule has 0 radical (unpaired) electrons. The van der Waals surface area contributed by atoms with E-state index in [9.17, 15) is 0 Å². The lowest BCUT2D eigenvalue weighted by atomic mass is 9.92. The molecule has 2 unspecified atom stereocenters. The van der Waals surface area contributed by atoms with Gasteiger partial charge in [0.05, 0.1) is 6.54 Å². The third kappa shape index (κ3) is 3.87. The molecule has 0 aliphatic carbocycles. The second-order valence-corrected chi connectivity index (χ2v) is 4.83. The van der Waals surface area contributed by atoms with E-state index in [1.54, 1.807) is 0 Å². The second-order valence-electron chi connectivity index (χ2n) is 4.83. The van der Waals surface area contributed by atoms with Gasteiger partial charge in [-0.15, -0.1) is 6.58 Å². The number of rotatable bonds is 3. The first-order valence-corrected chi connectivity index (χ1v) is 6.31. The molecule has 92 valence electrons. The van der Waals surface area contributed by atoms with Crippen molar-refractivity contribution in [3.05, 3.63) is 12.7 Å². The molecule has 0 aromatic rings. The number of guanidine groups is 1. The van der Waals surface area contributed by atoms with Crippen molar-refractivity contribution < 1.29 is 0 Å². The van der Waals surface area contributed by atoms with Crippen molar-refractivity contribution in [2.24, 2.45) is 16.8 Å². The van der Waals surface area contributed by atoms with E-state index < -0.39 is 0 Å². The third-order valence-electron chi connectivity index (χ3n) is 2.87. The number of aliphatic imine (C=N–C) groups is 1. The maximum absolute atomic E-state index is 4.54. The zero-order chi connectivity index (χ0) is 12.0. The van der Waals surface area contributed by atoms with E-state index in [-0.39, 0.29) is 0 Å². The van der Waals surface area contributed by atoms with Crippen molar-refractivity contribution in [2.45, 2.75) is 27.2 Å². The van der Waals surface area contributed by atoms with E-state index in [2.05, 4.69) is 42.6 Å². The summed E-state index contributed by atoms with van der Waals surface area (Å²) >= 11 is 0. The van der Waals surface area contributed by atoms with Crippen LogP contribution < -0.4 is 5.32 Å². The van der Waals surface area contributed by atoms with E-state index in [0.717, 1.165) is 37.4 Å². The van der Waals surface area contributed by atoms with Gasteiger partial charge in [-0.2, -0.15) is 0 Å². The molecule has 1 aliphatic rings. The monoisotopic (exact) mass is 223 g/mol. The van der Waals surface area contributed by atoms with Crippen LogP contribution in [0.1, 0.15) is 27.2 Å². The summed E-state index contributed by atoms with van der Waals surface area (Å²) in [7, 11) is 0. The molecule has 1 aliphatic heterocycles. The predicted octanol–water partition coefficient (Wildman–Crippen LogP) is 2.12. The Morgan fingerprint density at radius 3 is 2.56 bits per heavy atom. The Bertz CT molecular complexity index is 238. The highest BCUT2D eigenvalue weighted by Crippen LogP contribution is 2.20. The van der Waals surface area contributed by atoms with Gasteiger partial charge in [0.2, 0.25) is 0 Å². The van der Waals surface area contributed by atoms with Crippen molar-refractivity contribution in [1.29, 1.82) is 0 Å². The minimum atomic E-state index is 0.696. The Morgan fingerprint density at radius 2 is 2.06 bits per heavy atom. The van der Waals surface area contributed by atoms with Gasteiger partial charge in [-0.1, -0.05) is 19.9 Å². The van der Waals surface area contributed by atoms with Crippen LogP contribution in [0.3, 0.4) is 0 Å². The molecule has 1 saturated heterocycles. The highest BCUT2D eigenvalue weighted by Gasteiger charge is 2.23. The van der Waals surface area contributed by atoms with E-state index >= 15 is 0 Å². The molecule has 1 rings (SSSR count). The van der Waals surface area contributed by atoms with E-state index in [0.29, 0.717) is 6.54 Å². The zero-order valence-electron chi connectivity index (χ0n) is 10.9. The minimum Gasteiger partial charge on any atom is -0.357 e. The third-order valence-corrected chi connectivity index (χ3v) is 2.87. The molecular weight excluding hydrogens is 198 g/mol. The summed E-state index contributed by atoms with van der Waals surface area (Å²) < 4.78 is 0. The standard InChI is InChI=1S/C13H25N3/c1-5-7-15-13(14-6-2)16-9-11(3)8-12(4)10-16/h5,11-12H,1,6-10H2,2-4H3,(H,14,15). The van der Waals surface area contributed by atoms with E-state index in [4.69, 9.17) is 0 Å². The molecule has 1 N–H and O–H groups in total. The van der Waals surface area contributed by atoms with Crippen LogP contribution in [0.15, 0.2) is 17.6 Å². The van der Waals surface area contributed by atoms with Gasteiger partial charge in [-0.25, -0.2) is 4.99 Å². The quantitative estimate of drug-likeness (QED) is 0.451. The summed E-state index contributed by atoms with van der Waals surface area (Å²) in [4.78, 5) is 6.92. The first kappa shape index (κ1) is 13.1. The van der Waals surface area contributed by atoms with Crippen molar-refractivity contribution in [1.82, 2.24) is 10.2 Å². The van der Waals surface area contributed by atoms with Gasteiger partial charge in [-0.3, -0.25) is 0 Å². The number of hydrogen-bond donors (Lipinski definition) is 1. The number of piperidine rings is 1. The van der Waals surface area contributed by atoms with Gasteiger partial charge < -0.3 is 10.2 Å². The fourth-order valence-corrected chi connectivity index (χ4v) is 2.41. The fourth-order valence-electron chi connectivity index (χ4n) is 2.41. The van der Waals surface area contributed by atoms with Crippen LogP contribution in [0.2, 0.25) is 0 Å². The Balaban J connectivity index is 2.65. The Morgan fingerprint density at radius 1 is 1.44 bits per heavy atom. The van der Waals surface area contributed by atoms with Crippen LogP contribution in [0.4, 0.5) is 0 Å². The van der Waals surface area contributed by atoms with E-state index in [1.165, 1.54) is 6.42 Å². The predicted molar refractivity (Wildman–Crippen MR) is 70.7 cm³/mol. The van der Waals surface area contributed by atoms with Gasteiger partial charge in [0.25, 0.3) is 0 Å². The van der Waals surface area contributed by atoms with E-state index in [1.807, 2.05) is 6.08 Å². The van der Waals surface area contributed by atoms with Gasteiger partial charge in [0.1, 0.15) is 0 Å². The molecule has 3 nitrogen and oxygen atoms in total. The van der Waals surface area contributed by atoms with Crippen molar-refractivity contribution >= 4 is 5.96 Å². The average Bonchev–Trinajstić information content (AvgIpc) is 2.22. The van der Waals surface area contributed by atoms with Crippen LogP contribution in [-0.4, -0.2) is 37.0 Å². The lowest BCUT2D eigenvalue weighted by Crippen LogP contribution is -2.48. The molecule has 16 heavy (non-hydrogen) atoms. The highest BCUT2D eigenvalue weighted by atomic mass is 15.3. The van der Waals surface area contributed by atoms with Gasteiger partial charge in [0.15, 0.2) is 5.96 Å². The summed E-state index contributed by atoms with van der Waals surface area (Å²) in [5, 5.41) is 3.36. The SMILES string of the molecule is C=CCN=C(NCC)N1CC(C)CC(C)C1. The van der Waals surface area contributed by atoms with Gasteiger partial charge >= 0.3 is 0 Å². The molecule has 1 fully saturated rings. The Kier molecular flexibility index (Phi) is 5.36.